The predicted molar refractivity (Wildman–Crippen MR) is 85.3 cm³/mol. The van der Waals surface area contributed by atoms with Gasteiger partial charge in [0, 0.05) is 11.8 Å². The molecule has 0 aliphatic heterocycles. The third-order valence-corrected chi connectivity index (χ3v) is 3.54. The first-order valence-electron chi connectivity index (χ1n) is 7.19. The van der Waals surface area contributed by atoms with Crippen molar-refractivity contribution in [1.82, 2.24) is 5.32 Å². The van der Waals surface area contributed by atoms with Crippen LogP contribution in [0.25, 0.3) is 11.0 Å². The summed E-state index contributed by atoms with van der Waals surface area (Å²) >= 11 is 0. The minimum atomic E-state index is -1.08. The number of carbonyl (C=O) groups is 2. The first kappa shape index (κ1) is 14.8. The van der Waals surface area contributed by atoms with Gasteiger partial charge in [0.05, 0.1) is 0 Å². The van der Waals surface area contributed by atoms with Crippen LogP contribution in [0.1, 0.15) is 16.1 Å². The number of rotatable bonds is 5. The van der Waals surface area contributed by atoms with E-state index in [-0.39, 0.29) is 12.2 Å². The number of amides is 1. The van der Waals surface area contributed by atoms with Gasteiger partial charge in [0.1, 0.15) is 11.6 Å². The molecule has 3 aromatic rings. The Bertz CT molecular complexity index is 805. The maximum atomic E-state index is 12.3. The molecule has 0 bridgehead atoms. The zero-order chi connectivity index (χ0) is 16.2. The molecule has 1 aromatic heterocycles. The summed E-state index contributed by atoms with van der Waals surface area (Å²) in [6, 6.07) is 17.0. The Morgan fingerprint density at radius 1 is 1.04 bits per heavy atom. The first-order valence-corrected chi connectivity index (χ1v) is 7.19. The molecule has 1 atom stereocenters. The Balaban J connectivity index is 1.76. The second-order valence-corrected chi connectivity index (χ2v) is 5.20. The van der Waals surface area contributed by atoms with Crippen LogP contribution in [0, 0.1) is 0 Å². The molecule has 0 saturated carbocycles. The van der Waals surface area contributed by atoms with Gasteiger partial charge in [-0.15, -0.1) is 0 Å². The number of furan rings is 1. The Kier molecular flexibility index (Phi) is 4.10. The summed E-state index contributed by atoms with van der Waals surface area (Å²) in [6.45, 7) is 0. The third kappa shape index (κ3) is 3.40. The van der Waals surface area contributed by atoms with Crippen molar-refractivity contribution in [2.24, 2.45) is 0 Å². The van der Waals surface area contributed by atoms with E-state index in [0.717, 1.165) is 10.9 Å². The number of para-hydroxylation sites is 1. The molecule has 0 saturated heterocycles. The second kappa shape index (κ2) is 6.36. The highest BCUT2D eigenvalue weighted by molar-refractivity contribution is 5.97. The summed E-state index contributed by atoms with van der Waals surface area (Å²) in [5.74, 6) is -1.52. The van der Waals surface area contributed by atoms with Crippen LogP contribution in [-0.2, 0) is 11.2 Å². The van der Waals surface area contributed by atoms with Crippen LogP contribution in [0.4, 0.5) is 0 Å². The van der Waals surface area contributed by atoms with Crippen molar-refractivity contribution in [2.75, 3.05) is 0 Å². The average molecular weight is 309 g/mol. The summed E-state index contributed by atoms with van der Waals surface area (Å²) < 4.78 is 5.46. The van der Waals surface area contributed by atoms with E-state index < -0.39 is 17.9 Å². The molecule has 0 aliphatic carbocycles. The van der Waals surface area contributed by atoms with E-state index in [1.807, 2.05) is 48.5 Å². The fraction of sp³-hybridized carbons (Fsp3) is 0.111. The lowest BCUT2D eigenvalue weighted by atomic mass is 10.1. The monoisotopic (exact) mass is 309 g/mol. The highest BCUT2D eigenvalue weighted by Crippen LogP contribution is 2.18. The summed E-state index contributed by atoms with van der Waals surface area (Å²) in [4.78, 5) is 23.6. The van der Waals surface area contributed by atoms with E-state index in [1.54, 1.807) is 12.1 Å². The molecule has 116 valence electrons. The Labute approximate surface area is 132 Å². The maximum Gasteiger partial charge on any atom is 0.326 e. The molecule has 0 unspecified atom stereocenters. The number of nitrogens with one attached hydrogen (secondary N) is 1. The van der Waals surface area contributed by atoms with Crippen LogP contribution in [0.3, 0.4) is 0 Å². The molecule has 5 nitrogen and oxygen atoms in total. The lowest BCUT2D eigenvalue weighted by molar-refractivity contribution is -0.139. The van der Waals surface area contributed by atoms with Gasteiger partial charge in [0.25, 0.3) is 5.91 Å². The van der Waals surface area contributed by atoms with Gasteiger partial charge in [-0.1, -0.05) is 48.5 Å². The van der Waals surface area contributed by atoms with Gasteiger partial charge >= 0.3 is 5.97 Å². The second-order valence-electron chi connectivity index (χ2n) is 5.20. The van der Waals surface area contributed by atoms with Crippen LogP contribution < -0.4 is 5.32 Å². The van der Waals surface area contributed by atoms with Crippen LogP contribution in [0.5, 0.6) is 0 Å². The molecule has 1 heterocycles. The minimum Gasteiger partial charge on any atom is -0.480 e. The van der Waals surface area contributed by atoms with E-state index >= 15 is 0 Å². The van der Waals surface area contributed by atoms with Crippen molar-refractivity contribution >= 4 is 22.8 Å². The SMILES string of the molecule is O=C(N[C@H](Cc1ccccc1)C(=O)O)c1cc2ccccc2o1. The maximum absolute atomic E-state index is 12.3. The van der Waals surface area contributed by atoms with E-state index in [1.165, 1.54) is 0 Å². The summed E-state index contributed by atoms with van der Waals surface area (Å²) in [7, 11) is 0. The van der Waals surface area contributed by atoms with Crippen LogP contribution in [0.15, 0.2) is 65.1 Å². The zero-order valence-corrected chi connectivity index (χ0v) is 12.2. The van der Waals surface area contributed by atoms with E-state index in [0.29, 0.717) is 5.58 Å². The van der Waals surface area contributed by atoms with Crippen molar-refractivity contribution in [3.63, 3.8) is 0 Å². The van der Waals surface area contributed by atoms with E-state index in [2.05, 4.69) is 5.32 Å². The van der Waals surface area contributed by atoms with E-state index in [4.69, 9.17) is 4.42 Å². The van der Waals surface area contributed by atoms with Crippen molar-refractivity contribution in [3.05, 3.63) is 72.0 Å². The number of fused-ring (bicyclic) bond motifs is 1. The minimum absolute atomic E-state index is 0.102. The molecule has 2 N–H and O–H groups in total. The number of aliphatic carboxylic acids is 1. The number of hydrogen-bond donors (Lipinski definition) is 2. The normalized spacial score (nSPS) is 12.0. The summed E-state index contributed by atoms with van der Waals surface area (Å²) in [6.07, 6.45) is 0.210. The molecule has 0 radical (unpaired) electrons. The van der Waals surface area contributed by atoms with Crippen molar-refractivity contribution in [3.8, 4) is 0 Å². The van der Waals surface area contributed by atoms with Crippen LogP contribution >= 0.6 is 0 Å². The quantitative estimate of drug-likeness (QED) is 0.759. The molecular formula is C18H15NO4. The summed E-state index contributed by atoms with van der Waals surface area (Å²) in [5.41, 5.74) is 1.43. The number of carbonyl (C=O) groups excluding carboxylic acids is 1. The van der Waals surface area contributed by atoms with Gasteiger partial charge < -0.3 is 14.8 Å². The highest BCUT2D eigenvalue weighted by atomic mass is 16.4. The summed E-state index contributed by atoms with van der Waals surface area (Å²) in [5, 5.41) is 12.6. The smallest absolute Gasteiger partial charge is 0.326 e. The van der Waals surface area contributed by atoms with Crippen molar-refractivity contribution in [1.29, 1.82) is 0 Å². The zero-order valence-electron chi connectivity index (χ0n) is 12.2. The number of benzene rings is 2. The highest BCUT2D eigenvalue weighted by Gasteiger charge is 2.22. The standard InChI is InChI=1S/C18H15NO4/c20-17(16-11-13-8-4-5-9-15(13)23-16)19-14(18(21)22)10-12-6-2-1-3-7-12/h1-9,11,14H,10H2,(H,19,20)(H,21,22)/t14-/m1/s1. The lowest BCUT2D eigenvalue weighted by Crippen LogP contribution is -2.42. The van der Waals surface area contributed by atoms with Gasteiger partial charge in [-0.25, -0.2) is 4.79 Å². The van der Waals surface area contributed by atoms with Gasteiger partial charge in [-0.2, -0.15) is 0 Å². The third-order valence-electron chi connectivity index (χ3n) is 3.54. The van der Waals surface area contributed by atoms with Gasteiger partial charge in [-0.05, 0) is 17.7 Å². The molecule has 0 fully saturated rings. The average Bonchev–Trinajstić information content (AvgIpc) is 2.99. The number of carboxylic acids is 1. The first-order chi connectivity index (χ1) is 11.1. The van der Waals surface area contributed by atoms with Crippen LogP contribution in [-0.4, -0.2) is 23.0 Å². The molecule has 0 spiro atoms. The molecule has 3 rings (SSSR count). The number of hydrogen-bond acceptors (Lipinski definition) is 3. The van der Waals surface area contributed by atoms with Crippen molar-refractivity contribution in [2.45, 2.75) is 12.5 Å². The molecule has 1 amide bonds. The Hall–Kier alpha value is -3.08. The lowest BCUT2D eigenvalue weighted by Gasteiger charge is -2.13. The molecule has 23 heavy (non-hydrogen) atoms. The molecular weight excluding hydrogens is 294 g/mol. The molecule has 2 aromatic carbocycles. The molecule has 5 heteroatoms. The largest absolute Gasteiger partial charge is 0.480 e. The van der Waals surface area contributed by atoms with Gasteiger partial charge in [0.15, 0.2) is 5.76 Å². The Morgan fingerprint density at radius 2 is 1.74 bits per heavy atom. The number of carboxylic acid groups (broad SMARTS) is 1. The van der Waals surface area contributed by atoms with E-state index in [9.17, 15) is 14.7 Å². The molecule has 0 aliphatic rings. The van der Waals surface area contributed by atoms with Gasteiger partial charge in [-0.3, -0.25) is 4.79 Å². The topological polar surface area (TPSA) is 79.5 Å². The fourth-order valence-electron chi connectivity index (χ4n) is 2.37. The predicted octanol–water partition coefficient (Wildman–Crippen LogP) is 2.86. The van der Waals surface area contributed by atoms with Crippen molar-refractivity contribution < 1.29 is 19.1 Å². The fourth-order valence-corrected chi connectivity index (χ4v) is 2.37. The Morgan fingerprint density at radius 3 is 2.43 bits per heavy atom. The van der Waals surface area contributed by atoms with Crippen LogP contribution in [0.2, 0.25) is 0 Å². The van der Waals surface area contributed by atoms with Gasteiger partial charge in [0.2, 0.25) is 0 Å².